The van der Waals surface area contributed by atoms with Gasteiger partial charge in [-0.2, -0.15) is 0 Å². The van der Waals surface area contributed by atoms with Gasteiger partial charge in [0.15, 0.2) is 0 Å². The summed E-state index contributed by atoms with van der Waals surface area (Å²) in [5.74, 6) is 0.342. The van der Waals surface area contributed by atoms with E-state index in [0.29, 0.717) is 16.4 Å². The molecule has 3 nitrogen and oxygen atoms in total. The summed E-state index contributed by atoms with van der Waals surface area (Å²) in [7, 11) is 0. The fourth-order valence-electron chi connectivity index (χ4n) is 1.29. The van der Waals surface area contributed by atoms with Gasteiger partial charge in [0.2, 0.25) is 0 Å². The second-order valence-electron chi connectivity index (χ2n) is 3.05. The third kappa shape index (κ3) is 2.12. The standard InChI is InChI=1S/C10H9ClN2OS/c11-6-4-8(15-5-6)9(14)7-2-1-3-13-10(7)12/h1-5,9,14H,(H2,12,13). The first kappa shape index (κ1) is 10.4. The molecule has 0 radical (unpaired) electrons. The van der Waals surface area contributed by atoms with Crippen molar-refractivity contribution in [2.45, 2.75) is 6.10 Å². The fraction of sp³-hybridized carbons (Fsp3) is 0.100. The van der Waals surface area contributed by atoms with Gasteiger partial charge in [-0.1, -0.05) is 17.7 Å². The van der Waals surface area contributed by atoms with Crippen molar-refractivity contribution in [3.05, 3.63) is 45.2 Å². The zero-order chi connectivity index (χ0) is 10.8. The fourth-order valence-corrected chi connectivity index (χ4v) is 2.37. The molecule has 1 unspecified atom stereocenters. The zero-order valence-corrected chi connectivity index (χ0v) is 9.29. The predicted octanol–water partition coefficient (Wildman–Crippen LogP) is 2.46. The highest BCUT2D eigenvalue weighted by Crippen LogP contribution is 2.31. The lowest BCUT2D eigenvalue weighted by atomic mass is 10.1. The van der Waals surface area contributed by atoms with Crippen LogP contribution in [-0.2, 0) is 0 Å². The number of aromatic nitrogens is 1. The number of nitrogen functional groups attached to an aromatic ring is 1. The van der Waals surface area contributed by atoms with Gasteiger partial charge in [0.25, 0.3) is 0 Å². The molecule has 0 saturated heterocycles. The number of nitrogens with zero attached hydrogens (tertiary/aromatic N) is 1. The Labute approximate surface area is 96.2 Å². The SMILES string of the molecule is Nc1ncccc1C(O)c1cc(Cl)cs1. The Morgan fingerprint density at radius 1 is 1.53 bits per heavy atom. The van der Waals surface area contributed by atoms with Crippen LogP contribution in [0.3, 0.4) is 0 Å². The normalized spacial score (nSPS) is 12.7. The van der Waals surface area contributed by atoms with Crippen LogP contribution in [0.2, 0.25) is 5.02 Å². The summed E-state index contributed by atoms with van der Waals surface area (Å²) >= 11 is 7.18. The minimum atomic E-state index is -0.754. The van der Waals surface area contributed by atoms with Gasteiger partial charge in [-0.15, -0.1) is 11.3 Å². The largest absolute Gasteiger partial charge is 0.383 e. The highest BCUT2D eigenvalue weighted by atomic mass is 35.5. The number of halogens is 1. The number of hydrogen-bond donors (Lipinski definition) is 2. The summed E-state index contributed by atoms with van der Waals surface area (Å²) < 4.78 is 0. The lowest BCUT2D eigenvalue weighted by molar-refractivity contribution is 0.224. The molecule has 0 aliphatic heterocycles. The Bertz CT molecular complexity index is 472. The molecule has 5 heteroatoms. The molecule has 2 heterocycles. The van der Waals surface area contributed by atoms with Crippen molar-refractivity contribution in [1.82, 2.24) is 4.98 Å². The average molecular weight is 241 g/mol. The topological polar surface area (TPSA) is 59.1 Å². The quantitative estimate of drug-likeness (QED) is 0.848. The summed E-state index contributed by atoms with van der Waals surface area (Å²) in [6.07, 6.45) is 0.837. The summed E-state index contributed by atoms with van der Waals surface area (Å²) in [4.78, 5) is 4.69. The van der Waals surface area contributed by atoms with Crippen LogP contribution in [-0.4, -0.2) is 10.1 Å². The molecular formula is C10H9ClN2OS. The Morgan fingerprint density at radius 2 is 2.33 bits per heavy atom. The van der Waals surface area contributed by atoms with Gasteiger partial charge >= 0.3 is 0 Å². The molecule has 0 aliphatic rings. The van der Waals surface area contributed by atoms with E-state index in [1.54, 1.807) is 29.8 Å². The van der Waals surface area contributed by atoms with E-state index in [1.807, 2.05) is 0 Å². The van der Waals surface area contributed by atoms with E-state index < -0.39 is 6.10 Å². The molecular weight excluding hydrogens is 232 g/mol. The third-order valence-corrected chi connectivity index (χ3v) is 3.36. The maximum Gasteiger partial charge on any atom is 0.129 e. The molecule has 15 heavy (non-hydrogen) atoms. The third-order valence-electron chi connectivity index (χ3n) is 2.02. The molecule has 0 bridgehead atoms. The molecule has 2 aromatic rings. The summed E-state index contributed by atoms with van der Waals surface area (Å²) in [5, 5.41) is 12.4. The number of pyridine rings is 1. The van der Waals surface area contributed by atoms with Crippen LogP contribution in [0.1, 0.15) is 16.5 Å². The molecule has 0 fully saturated rings. The van der Waals surface area contributed by atoms with E-state index in [2.05, 4.69) is 4.98 Å². The second-order valence-corrected chi connectivity index (χ2v) is 4.43. The van der Waals surface area contributed by atoms with Gasteiger partial charge in [-0.25, -0.2) is 4.98 Å². The Balaban J connectivity index is 2.36. The minimum Gasteiger partial charge on any atom is -0.383 e. The van der Waals surface area contributed by atoms with Crippen molar-refractivity contribution in [2.24, 2.45) is 0 Å². The van der Waals surface area contributed by atoms with Crippen LogP contribution in [0, 0.1) is 0 Å². The van der Waals surface area contributed by atoms with Crippen LogP contribution in [0.4, 0.5) is 5.82 Å². The van der Waals surface area contributed by atoms with Crippen LogP contribution in [0.25, 0.3) is 0 Å². The van der Waals surface area contributed by atoms with Crippen LogP contribution < -0.4 is 5.73 Å². The first-order valence-electron chi connectivity index (χ1n) is 4.31. The molecule has 78 valence electrons. The number of thiophene rings is 1. The number of aliphatic hydroxyl groups is 1. The van der Waals surface area contributed by atoms with E-state index in [-0.39, 0.29) is 0 Å². The van der Waals surface area contributed by atoms with E-state index >= 15 is 0 Å². The first-order chi connectivity index (χ1) is 7.18. The molecule has 0 aromatic carbocycles. The number of hydrogen-bond acceptors (Lipinski definition) is 4. The van der Waals surface area contributed by atoms with Crippen LogP contribution >= 0.6 is 22.9 Å². The lowest BCUT2D eigenvalue weighted by Gasteiger charge is -2.10. The number of anilines is 1. The maximum atomic E-state index is 10.0. The average Bonchev–Trinajstić information content (AvgIpc) is 2.65. The van der Waals surface area contributed by atoms with Crippen LogP contribution in [0.5, 0.6) is 0 Å². The molecule has 0 aliphatic carbocycles. The number of rotatable bonds is 2. The van der Waals surface area contributed by atoms with Crippen molar-refractivity contribution >= 4 is 28.8 Å². The van der Waals surface area contributed by atoms with Gasteiger partial charge in [-0.3, -0.25) is 0 Å². The Morgan fingerprint density at radius 3 is 2.93 bits per heavy atom. The monoisotopic (exact) mass is 240 g/mol. The van der Waals surface area contributed by atoms with Crippen molar-refractivity contribution < 1.29 is 5.11 Å². The van der Waals surface area contributed by atoms with Crippen molar-refractivity contribution in [2.75, 3.05) is 5.73 Å². The maximum absolute atomic E-state index is 10.0. The Hall–Kier alpha value is -1.10. The molecule has 3 N–H and O–H groups in total. The highest BCUT2D eigenvalue weighted by Gasteiger charge is 2.15. The van der Waals surface area contributed by atoms with Gasteiger partial charge < -0.3 is 10.8 Å². The molecule has 2 aromatic heterocycles. The van der Waals surface area contributed by atoms with Gasteiger partial charge in [0.1, 0.15) is 11.9 Å². The van der Waals surface area contributed by atoms with Crippen molar-refractivity contribution in [3.8, 4) is 0 Å². The van der Waals surface area contributed by atoms with E-state index in [0.717, 1.165) is 4.88 Å². The van der Waals surface area contributed by atoms with E-state index in [1.165, 1.54) is 11.3 Å². The van der Waals surface area contributed by atoms with E-state index in [9.17, 15) is 5.11 Å². The van der Waals surface area contributed by atoms with Gasteiger partial charge in [0, 0.05) is 22.0 Å². The summed E-state index contributed by atoms with van der Waals surface area (Å²) in [5.41, 5.74) is 6.27. The molecule has 2 rings (SSSR count). The van der Waals surface area contributed by atoms with Gasteiger partial charge in [-0.05, 0) is 12.1 Å². The van der Waals surface area contributed by atoms with Gasteiger partial charge in [0.05, 0.1) is 5.02 Å². The molecule has 1 atom stereocenters. The number of aliphatic hydroxyl groups excluding tert-OH is 1. The lowest BCUT2D eigenvalue weighted by Crippen LogP contribution is -2.03. The summed E-state index contributed by atoms with van der Waals surface area (Å²) in [6, 6.07) is 5.22. The van der Waals surface area contributed by atoms with Crippen molar-refractivity contribution in [1.29, 1.82) is 0 Å². The van der Waals surface area contributed by atoms with Crippen LogP contribution in [0.15, 0.2) is 29.8 Å². The van der Waals surface area contributed by atoms with Crippen molar-refractivity contribution in [3.63, 3.8) is 0 Å². The summed E-state index contributed by atoms with van der Waals surface area (Å²) in [6.45, 7) is 0. The smallest absolute Gasteiger partial charge is 0.129 e. The predicted molar refractivity (Wildman–Crippen MR) is 62.0 cm³/mol. The molecule has 0 spiro atoms. The number of nitrogens with two attached hydrogens (primary N) is 1. The molecule has 0 saturated carbocycles. The van der Waals surface area contributed by atoms with E-state index in [4.69, 9.17) is 17.3 Å². The first-order valence-corrected chi connectivity index (χ1v) is 5.56. The zero-order valence-electron chi connectivity index (χ0n) is 7.72. The molecule has 0 amide bonds. The highest BCUT2D eigenvalue weighted by molar-refractivity contribution is 7.10. The second kappa shape index (κ2) is 4.18. The Kier molecular flexibility index (Phi) is 2.90. The minimum absolute atomic E-state index is 0.342.